The standard InChI is InChI=1S/C16H15BrN2O/c1-11-4-3-5-14(16(11)17)19-10-12-6-7-15(20-2)13(8-12)9-18/h3-8,19H,10H2,1-2H3. The van der Waals surface area contributed by atoms with E-state index in [0.29, 0.717) is 17.9 Å². The summed E-state index contributed by atoms with van der Waals surface area (Å²) in [6, 6.07) is 13.8. The molecule has 0 bridgehead atoms. The Bertz CT molecular complexity index is 662. The molecule has 0 saturated heterocycles. The van der Waals surface area contributed by atoms with Crippen LogP contribution in [-0.2, 0) is 6.54 Å². The highest BCUT2D eigenvalue weighted by Gasteiger charge is 2.05. The molecule has 0 fully saturated rings. The topological polar surface area (TPSA) is 45.0 Å². The van der Waals surface area contributed by atoms with Gasteiger partial charge in [-0.2, -0.15) is 5.26 Å². The van der Waals surface area contributed by atoms with Gasteiger partial charge in [0.05, 0.1) is 12.7 Å². The predicted octanol–water partition coefficient (Wildman–Crippen LogP) is 4.25. The molecule has 2 rings (SSSR count). The zero-order valence-electron chi connectivity index (χ0n) is 11.4. The number of nitrogens with zero attached hydrogens (tertiary/aromatic N) is 1. The quantitative estimate of drug-likeness (QED) is 0.911. The molecule has 1 N–H and O–H groups in total. The Hall–Kier alpha value is -1.99. The van der Waals surface area contributed by atoms with E-state index >= 15 is 0 Å². The third kappa shape index (κ3) is 3.12. The number of benzene rings is 2. The zero-order chi connectivity index (χ0) is 14.5. The van der Waals surface area contributed by atoms with E-state index in [0.717, 1.165) is 15.7 Å². The van der Waals surface area contributed by atoms with E-state index in [9.17, 15) is 0 Å². The van der Waals surface area contributed by atoms with Crippen LogP contribution in [0.1, 0.15) is 16.7 Å². The second-order valence-corrected chi connectivity index (χ2v) is 5.23. The minimum atomic E-state index is 0.551. The number of anilines is 1. The van der Waals surface area contributed by atoms with Crippen LogP contribution in [0.25, 0.3) is 0 Å². The van der Waals surface area contributed by atoms with Crippen LogP contribution >= 0.6 is 15.9 Å². The molecular weight excluding hydrogens is 316 g/mol. The van der Waals surface area contributed by atoms with Crippen molar-refractivity contribution in [2.24, 2.45) is 0 Å². The Kier molecular flexibility index (Phi) is 4.65. The third-order valence-corrected chi connectivity index (χ3v) is 4.11. The smallest absolute Gasteiger partial charge is 0.136 e. The normalized spacial score (nSPS) is 9.90. The number of ether oxygens (including phenoxy) is 1. The molecule has 0 aromatic heterocycles. The minimum absolute atomic E-state index is 0.551. The first-order valence-corrected chi connectivity index (χ1v) is 7.01. The SMILES string of the molecule is COc1ccc(CNc2cccc(C)c2Br)cc1C#N. The van der Waals surface area contributed by atoms with Crippen molar-refractivity contribution in [1.82, 2.24) is 0 Å². The highest BCUT2D eigenvalue weighted by Crippen LogP contribution is 2.26. The summed E-state index contributed by atoms with van der Waals surface area (Å²) in [5, 5.41) is 12.4. The van der Waals surface area contributed by atoms with Crippen molar-refractivity contribution in [3.8, 4) is 11.8 Å². The Morgan fingerprint density at radius 2 is 2.10 bits per heavy atom. The first kappa shape index (κ1) is 14.4. The van der Waals surface area contributed by atoms with Gasteiger partial charge in [0.2, 0.25) is 0 Å². The fourth-order valence-corrected chi connectivity index (χ4v) is 2.34. The number of aryl methyl sites for hydroxylation is 1. The van der Waals surface area contributed by atoms with Gasteiger partial charge in [-0.25, -0.2) is 0 Å². The lowest BCUT2D eigenvalue weighted by molar-refractivity contribution is 0.413. The molecular formula is C16H15BrN2O. The van der Waals surface area contributed by atoms with Crippen molar-refractivity contribution in [1.29, 1.82) is 5.26 Å². The summed E-state index contributed by atoms with van der Waals surface area (Å²) >= 11 is 3.57. The van der Waals surface area contributed by atoms with Crippen LogP contribution in [0.2, 0.25) is 0 Å². The Balaban J connectivity index is 2.15. The van der Waals surface area contributed by atoms with Crippen LogP contribution in [0, 0.1) is 18.3 Å². The fourth-order valence-electron chi connectivity index (χ4n) is 1.93. The van der Waals surface area contributed by atoms with Gasteiger partial charge in [0.15, 0.2) is 0 Å². The summed E-state index contributed by atoms with van der Waals surface area (Å²) in [4.78, 5) is 0. The van der Waals surface area contributed by atoms with Crippen LogP contribution in [0.4, 0.5) is 5.69 Å². The Morgan fingerprint density at radius 1 is 1.30 bits per heavy atom. The number of methoxy groups -OCH3 is 1. The van der Waals surface area contributed by atoms with Crippen molar-refractivity contribution in [3.05, 3.63) is 57.6 Å². The van der Waals surface area contributed by atoms with Gasteiger partial charge in [-0.1, -0.05) is 18.2 Å². The average Bonchev–Trinajstić information content (AvgIpc) is 2.48. The monoisotopic (exact) mass is 330 g/mol. The summed E-state index contributed by atoms with van der Waals surface area (Å²) in [6.45, 7) is 2.71. The number of nitriles is 1. The first-order chi connectivity index (χ1) is 9.65. The molecule has 0 amide bonds. The molecule has 0 spiro atoms. The molecule has 4 heteroatoms. The van der Waals surface area contributed by atoms with Crippen molar-refractivity contribution >= 4 is 21.6 Å². The van der Waals surface area contributed by atoms with Crippen molar-refractivity contribution < 1.29 is 4.74 Å². The molecule has 102 valence electrons. The number of hydrogen-bond acceptors (Lipinski definition) is 3. The summed E-state index contributed by atoms with van der Waals surface area (Å²) in [6.07, 6.45) is 0. The maximum absolute atomic E-state index is 9.08. The Morgan fingerprint density at radius 3 is 2.80 bits per heavy atom. The Labute approximate surface area is 127 Å². The molecule has 0 aliphatic rings. The molecule has 0 heterocycles. The summed E-state index contributed by atoms with van der Waals surface area (Å²) in [5.74, 6) is 0.605. The molecule has 0 unspecified atom stereocenters. The molecule has 0 saturated carbocycles. The van der Waals surface area contributed by atoms with Gasteiger partial charge in [0.25, 0.3) is 0 Å². The number of rotatable bonds is 4. The van der Waals surface area contributed by atoms with Crippen LogP contribution < -0.4 is 10.1 Å². The lowest BCUT2D eigenvalue weighted by atomic mass is 10.1. The third-order valence-electron chi connectivity index (χ3n) is 3.06. The van der Waals surface area contributed by atoms with Crippen LogP contribution in [0.15, 0.2) is 40.9 Å². The molecule has 20 heavy (non-hydrogen) atoms. The van der Waals surface area contributed by atoms with E-state index in [2.05, 4.69) is 40.3 Å². The van der Waals surface area contributed by atoms with Crippen LogP contribution in [0.3, 0.4) is 0 Å². The molecule has 3 nitrogen and oxygen atoms in total. The second kappa shape index (κ2) is 6.44. The number of nitrogens with one attached hydrogen (secondary N) is 1. The highest BCUT2D eigenvalue weighted by molar-refractivity contribution is 9.10. The minimum Gasteiger partial charge on any atom is -0.495 e. The highest BCUT2D eigenvalue weighted by atomic mass is 79.9. The largest absolute Gasteiger partial charge is 0.495 e. The summed E-state index contributed by atoms with van der Waals surface area (Å²) < 4.78 is 6.20. The lowest BCUT2D eigenvalue weighted by Crippen LogP contribution is -2.01. The average molecular weight is 331 g/mol. The maximum atomic E-state index is 9.08. The second-order valence-electron chi connectivity index (χ2n) is 4.44. The van der Waals surface area contributed by atoms with E-state index in [1.807, 2.05) is 30.3 Å². The molecule has 2 aromatic carbocycles. The summed E-state index contributed by atoms with van der Waals surface area (Å²) in [7, 11) is 1.57. The van der Waals surface area contributed by atoms with E-state index in [4.69, 9.17) is 10.00 Å². The van der Waals surface area contributed by atoms with E-state index in [-0.39, 0.29) is 0 Å². The molecule has 0 aliphatic carbocycles. The summed E-state index contributed by atoms with van der Waals surface area (Å²) in [5.41, 5.74) is 3.81. The molecule has 2 aromatic rings. The van der Waals surface area contributed by atoms with Crippen molar-refractivity contribution in [2.45, 2.75) is 13.5 Å². The zero-order valence-corrected chi connectivity index (χ0v) is 13.0. The lowest BCUT2D eigenvalue weighted by Gasteiger charge is -2.11. The maximum Gasteiger partial charge on any atom is 0.136 e. The van der Waals surface area contributed by atoms with Crippen LogP contribution in [0.5, 0.6) is 5.75 Å². The van der Waals surface area contributed by atoms with E-state index < -0.39 is 0 Å². The van der Waals surface area contributed by atoms with Gasteiger partial charge >= 0.3 is 0 Å². The van der Waals surface area contributed by atoms with Crippen molar-refractivity contribution in [2.75, 3.05) is 12.4 Å². The van der Waals surface area contributed by atoms with Crippen molar-refractivity contribution in [3.63, 3.8) is 0 Å². The molecule has 0 radical (unpaired) electrons. The molecule has 0 atom stereocenters. The van der Waals surface area contributed by atoms with Gasteiger partial charge in [-0.15, -0.1) is 0 Å². The van der Waals surface area contributed by atoms with Gasteiger partial charge in [-0.3, -0.25) is 0 Å². The van der Waals surface area contributed by atoms with E-state index in [1.54, 1.807) is 7.11 Å². The predicted molar refractivity (Wildman–Crippen MR) is 83.9 cm³/mol. The van der Waals surface area contributed by atoms with Gasteiger partial charge in [0, 0.05) is 16.7 Å². The molecule has 0 aliphatic heterocycles. The number of halogens is 1. The van der Waals surface area contributed by atoms with Gasteiger partial charge < -0.3 is 10.1 Å². The number of hydrogen-bond donors (Lipinski definition) is 1. The van der Waals surface area contributed by atoms with Gasteiger partial charge in [-0.05, 0) is 52.2 Å². The first-order valence-electron chi connectivity index (χ1n) is 6.21. The van der Waals surface area contributed by atoms with Gasteiger partial charge in [0.1, 0.15) is 11.8 Å². The van der Waals surface area contributed by atoms with E-state index in [1.165, 1.54) is 5.56 Å². The fraction of sp³-hybridized carbons (Fsp3) is 0.188. The van der Waals surface area contributed by atoms with Crippen LogP contribution in [-0.4, -0.2) is 7.11 Å².